The minimum atomic E-state index is -0.919. The predicted octanol–water partition coefficient (Wildman–Crippen LogP) is 0.394. The van der Waals surface area contributed by atoms with Gasteiger partial charge < -0.3 is 15.2 Å². The molecule has 0 saturated carbocycles. The maximum atomic E-state index is 11.3. The Morgan fingerprint density at radius 2 is 2.00 bits per heavy atom. The lowest BCUT2D eigenvalue weighted by atomic mass is 9.76. The summed E-state index contributed by atoms with van der Waals surface area (Å²) < 4.78 is 4.80. The molecule has 5 heteroatoms. The van der Waals surface area contributed by atoms with Gasteiger partial charge in [-0.2, -0.15) is 0 Å². The van der Waals surface area contributed by atoms with Crippen molar-refractivity contribution >= 4 is 11.9 Å². The Balaban J connectivity index is 2.64. The number of rotatable bonds is 4. The van der Waals surface area contributed by atoms with E-state index < -0.39 is 17.4 Å². The molecule has 1 heterocycles. The highest BCUT2D eigenvalue weighted by atomic mass is 16.5. The molecule has 0 aromatic heterocycles. The van der Waals surface area contributed by atoms with Gasteiger partial charge in [-0.1, -0.05) is 0 Å². The highest BCUT2D eigenvalue weighted by Crippen LogP contribution is 2.33. The van der Waals surface area contributed by atoms with Crippen LogP contribution in [-0.2, 0) is 14.3 Å². The van der Waals surface area contributed by atoms with E-state index in [4.69, 9.17) is 4.74 Å². The molecule has 1 saturated heterocycles. The van der Waals surface area contributed by atoms with Gasteiger partial charge in [0.2, 0.25) is 0 Å². The number of hydrogen-bond acceptors (Lipinski definition) is 4. The van der Waals surface area contributed by atoms with Crippen molar-refractivity contribution < 1.29 is 19.4 Å². The number of carboxylic acids is 1. The Morgan fingerprint density at radius 3 is 2.47 bits per heavy atom. The molecule has 0 aliphatic carbocycles. The second-order valence-corrected chi connectivity index (χ2v) is 3.82. The number of nitrogens with one attached hydrogen (secondary N) is 1. The standard InChI is InChI=1S/C10H17NO4/c1-2-15-8(12)7-10(9(13)14)3-5-11-6-4-10/h11H,2-7H2,1H3,(H,13,14). The molecule has 0 spiro atoms. The van der Waals surface area contributed by atoms with E-state index in [9.17, 15) is 14.7 Å². The fourth-order valence-corrected chi connectivity index (χ4v) is 1.86. The van der Waals surface area contributed by atoms with Crippen molar-refractivity contribution in [3.63, 3.8) is 0 Å². The van der Waals surface area contributed by atoms with E-state index in [0.717, 1.165) is 0 Å². The van der Waals surface area contributed by atoms with Crippen LogP contribution in [0, 0.1) is 5.41 Å². The molecule has 1 aliphatic rings. The number of carboxylic acid groups (broad SMARTS) is 1. The Hall–Kier alpha value is -1.10. The fourth-order valence-electron chi connectivity index (χ4n) is 1.86. The number of ether oxygens (including phenoxy) is 1. The Labute approximate surface area is 88.8 Å². The van der Waals surface area contributed by atoms with E-state index in [1.165, 1.54) is 0 Å². The smallest absolute Gasteiger partial charge is 0.310 e. The van der Waals surface area contributed by atoms with Crippen molar-refractivity contribution in [3.8, 4) is 0 Å². The van der Waals surface area contributed by atoms with Crippen molar-refractivity contribution in [1.82, 2.24) is 5.32 Å². The highest BCUT2D eigenvalue weighted by molar-refractivity contribution is 5.82. The van der Waals surface area contributed by atoms with E-state index in [1.54, 1.807) is 6.92 Å². The molecule has 0 aromatic carbocycles. The molecule has 0 atom stereocenters. The molecule has 15 heavy (non-hydrogen) atoms. The lowest BCUT2D eigenvalue weighted by Gasteiger charge is -2.32. The summed E-state index contributed by atoms with van der Waals surface area (Å²) in [5, 5.41) is 12.3. The van der Waals surface area contributed by atoms with E-state index in [1.807, 2.05) is 0 Å². The van der Waals surface area contributed by atoms with Gasteiger partial charge in [-0.25, -0.2) is 0 Å². The maximum Gasteiger partial charge on any atom is 0.310 e. The third kappa shape index (κ3) is 2.92. The lowest BCUT2D eigenvalue weighted by Crippen LogP contribution is -2.43. The fraction of sp³-hybridized carbons (Fsp3) is 0.800. The minimum absolute atomic E-state index is 0.0160. The third-order valence-electron chi connectivity index (χ3n) is 2.80. The van der Waals surface area contributed by atoms with Gasteiger partial charge in [0.15, 0.2) is 0 Å². The summed E-state index contributed by atoms with van der Waals surface area (Å²) in [4.78, 5) is 22.5. The molecule has 2 N–H and O–H groups in total. The Bertz CT molecular complexity index is 246. The van der Waals surface area contributed by atoms with E-state index >= 15 is 0 Å². The quantitative estimate of drug-likeness (QED) is 0.664. The van der Waals surface area contributed by atoms with E-state index in [0.29, 0.717) is 32.5 Å². The van der Waals surface area contributed by atoms with Crippen LogP contribution in [0.5, 0.6) is 0 Å². The Kier molecular flexibility index (Phi) is 4.08. The molecule has 1 fully saturated rings. The average molecular weight is 215 g/mol. The molecule has 0 aromatic rings. The molecular formula is C10H17NO4. The van der Waals surface area contributed by atoms with Crippen LogP contribution in [-0.4, -0.2) is 36.7 Å². The number of hydrogen-bond donors (Lipinski definition) is 2. The van der Waals surface area contributed by atoms with Crippen LogP contribution in [0.25, 0.3) is 0 Å². The first-order valence-electron chi connectivity index (χ1n) is 5.20. The molecule has 1 rings (SSSR count). The van der Waals surface area contributed by atoms with E-state index in [-0.39, 0.29) is 6.42 Å². The van der Waals surface area contributed by atoms with Crippen molar-refractivity contribution in [2.45, 2.75) is 26.2 Å². The first-order valence-corrected chi connectivity index (χ1v) is 5.20. The topological polar surface area (TPSA) is 75.6 Å². The molecule has 1 aliphatic heterocycles. The van der Waals surface area contributed by atoms with Gasteiger partial charge in [-0.15, -0.1) is 0 Å². The van der Waals surface area contributed by atoms with Gasteiger partial charge >= 0.3 is 11.9 Å². The molecule has 5 nitrogen and oxygen atoms in total. The summed E-state index contributed by atoms with van der Waals surface area (Å²) >= 11 is 0. The van der Waals surface area contributed by atoms with Crippen molar-refractivity contribution in [1.29, 1.82) is 0 Å². The first kappa shape index (κ1) is 12.0. The minimum Gasteiger partial charge on any atom is -0.481 e. The van der Waals surface area contributed by atoms with Gasteiger partial charge in [0.1, 0.15) is 0 Å². The molecule has 0 radical (unpaired) electrons. The zero-order valence-corrected chi connectivity index (χ0v) is 8.91. The normalized spacial score (nSPS) is 19.5. The van der Waals surface area contributed by atoms with Gasteiger partial charge in [-0.3, -0.25) is 9.59 Å². The van der Waals surface area contributed by atoms with Crippen LogP contribution in [0.3, 0.4) is 0 Å². The van der Waals surface area contributed by atoms with Crippen LogP contribution < -0.4 is 5.32 Å². The lowest BCUT2D eigenvalue weighted by molar-refractivity contribution is -0.159. The predicted molar refractivity (Wildman–Crippen MR) is 53.4 cm³/mol. The van der Waals surface area contributed by atoms with Crippen molar-refractivity contribution in [3.05, 3.63) is 0 Å². The Morgan fingerprint density at radius 1 is 1.40 bits per heavy atom. The van der Waals surface area contributed by atoms with E-state index in [2.05, 4.69) is 5.32 Å². The van der Waals surface area contributed by atoms with Crippen molar-refractivity contribution in [2.75, 3.05) is 19.7 Å². The van der Waals surface area contributed by atoms with Crippen LogP contribution in [0.15, 0.2) is 0 Å². The zero-order chi connectivity index (χ0) is 11.3. The van der Waals surface area contributed by atoms with Crippen LogP contribution in [0.4, 0.5) is 0 Å². The SMILES string of the molecule is CCOC(=O)CC1(C(=O)O)CCNCC1. The summed E-state index contributed by atoms with van der Waals surface area (Å²) in [7, 11) is 0. The number of esters is 1. The number of carbonyl (C=O) groups is 2. The molecule has 86 valence electrons. The largest absolute Gasteiger partial charge is 0.481 e. The number of carbonyl (C=O) groups excluding carboxylic acids is 1. The molecule has 0 unspecified atom stereocenters. The van der Waals surface area contributed by atoms with Crippen LogP contribution >= 0.6 is 0 Å². The van der Waals surface area contributed by atoms with Gasteiger partial charge in [0, 0.05) is 0 Å². The summed E-state index contributed by atoms with van der Waals surface area (Å²) in [6, 6.07) is 0. The second-order valence-electron chi connectivity index (χ2n) is 3.82. The molecule has 0 bridgehead atoms. The number of aliphatic carboxylic acids is 1. The highest BCUT2D eigenvalue weighted by Gasteiger charge is 2.41. The monoisotopic (exact) mass is 215 g/mol. The maximum absolute atomic E-state index is 11.3. The summed E-state index contributed by atoms with van der Waals surface area (Å²) in [5.41, 5.74) is -0.919. The molecular weight excluding hydrogens is 198 g/mol. The first-order chi connectivity index (χ1) is 7.10. The summed E-state index contributed by atoms with van der Waals surface area (Å²) in [6.07, 6.45) is 0.958. The van der Waals surface area contributed by atoms with Crippen LogP contribution in [0.2, 0.25) is 0 Å². The molecule has 0 amide bonds. The van der Waals surface area contributed by atoms with Gasteiger partial charge in [0.05, 0.1) is 18.4 Å². The summed E-state index contributed by atoms with van der Waals surface area (Å²) in [5.74, 6) is -1.31. The number of piperidine rings is 1. The van der Waals surface area contributed by atoms with Crippen LogP contribution in [0.1, 0.15) is 26.2 Å². The third-order valence-corrected chi connectivity index (χ3v) is 2.80. The van der Waals surface area contributed by atoms with Gasteiger partial charge in [-0.05, 0) is 32.9 Å². The average Bonchev–Trinajstić information content (AvgIpc) is 2.19. The zero-order valence-electron chi connectivity index (χ0n) is 8.91. The summed E-state index contributed by atoms with van der Waals surface area (Å²) in [6.45, 7) is 3.30. The van der Waals surface area contributed by atoms with Gasteiger partial charge in [0.25, 0.3) is 0 Å². The van der Waals surface area contributed by atoms with Crippen molar-refractivity contribution in [2.24, 2.45) is 5.41 Å². The second kappa shape index (κ2) is 5.11.